The third kappa shape index (κ3) is 3.60. The molecule has 1 unspecified atom stereocenters. The second-order valence-electron chi connectivity index (χ2n) is 9.45. The highest BCUT2D eigenvalue weighted by atomic mass is 16.5. The normalized spacial score (nSPS) is 16.0. The topological polar surface area (TPSA) is 35.0 Å². The smallest absolute Gasteiger partial charge is 0.219 e. The molecular formula is C32H26N2O. The van der Waals surface area contributed by atoms with E-state index in [9.17, 15) is 0 Å². The molecule has 2 aromatic heterocycles. The summed E-state index contributed by atoms with van der Waals surface area (Å²) in [7, 11) is 0. The van der Waals surface area contributed by atoms with Crippen molar-refractivity contribution in [1.29, 1.82) is 0 Å². The molecule has 0 spiro atoms. The van der Waals surface area contributed by atoms with Gasteiger partial charge in [0.1, 0.15) is 5.75 Å². The van der Waals surface area contributed by atoms with Gasteiger partial charge in [-0.25, -0.2) is 4.98 Å². The van der Waals surface area contributed by atoms with Crippen LogP contribution in [0.2, 0.25) is 0 Å². The Morgan fingerprint density at radius 3 is 2.20 bits per heavy atom. The molecule has 0 fully saturated rings. The van der Waals surface area contributed by atoms with Crippen molar-refractivity contribution in [3.63, 3.8) is 0 Å². The molecule has 0 saturated heterocycles. The summed E-state index contributed by atoms with van der Waals surface area (Å²) in [5.41, 5.74) is 10.5. The van der Waals surface area contributed by atoms with Gasteiger partial charge in [0.15, 0.2) is 0 Å². The molecule has 35 heavy (non-hydrogen) atoms. The van der Waals surface area contributed by atoms with E-state index in [4.69, 9.17) is 9.72 Å². The lowest BCUT2D eigenvalue weighted by Crippen LogP contribution is -2.24. The number of benzene rings is 3. The first-order valence-corrected chi connectivity index (χ1v) is 11.9. The van der Waals surface area contributed by atoms with E-state index in [1.165, 1.54) is 27.8 Å². The van der Waals surface area contributed by atoms with Crippen LogP contribution in [-0.4, -0.2) is 9.97 Å². The first-order chi connectivity index (χ1) is 17.0. The molecule has 0 bridgehead atoms. The molecule has 1 atom stereocenters. The fourth-order valence-electron chi connectivity index (χ4n) is 5.18. The lowest BCUT2D eigenvalue weighted by Gasteiger charge is -2.27. The van der Waals surface area contributed by atoms with Gasteiger partial charge in [0.2, 0.25) is 5.88 Å². The number of ether oxygens (including phenoxy) is 1. The third-order valence-corrected chi connectivity index (χ3v) is 7.02. The molecule has 6 rings (SSSR count). The maximum Gasteiger partial charge on any atom is 0.219 e. The Kier molecular flexibility index (Phi) is 5.00. The number of pyridine rings is 2. The molecule has 3 aromatic carbocycles. The molecule has 170 valence electrons. The predicted molar refractivity (Wildman–Crippen MR) is 141 cm³/mol. The quantitative estimate of drug-likeness (QED) is 0.277. The van der Waals surface area contributed by atoms with Gasteiger partial charge in [-0.2, -0.15) is 0 Å². The fourth-order valence-corrected chi connectivity index (χ4v) is 5.18. The summed E-state index contributed by atoms with van der Waals surface area (Å²) in [5.74, 6) is 1.37. The van der Waals surface area contributed by atoms with Gasteiger partial charge in [-0.05, 0) is 102 Å². The van der Waals surface area contributed by atoms with Crippen LogP contribution in [0.4, 0.5) is 0 Å². The molecule has 5 aromatic rings. The Hall–Kier alpha value is -4.24. The van der Waals surface area contributed by atoms with Crippen LogP contribution in [0.3, 0.4) is 0 Å². The number of rotatable bonds is 4. The van der Waals surface area contributed by atoms with Crippen LogP contribution in [0.5, 0.6) is 11.6 Å². The summed E-state index contributed by atoms with van der Waals surface area (Å²) < 4.78 is 6.07. The number of aromatic nitrogens is 2. The van der Waals surface area contributed by atoms with E-state index < -0.39 is 0 Å². The highest BCUT2D eigenvalue weighted by molar-refractivity contribution is 5.85. The highest BCUT2D eigenvalue weighted by Gasteiger charge is 2.41. The standard InChI is InChI=1S/C32H26N2O/c1-21-13-15-33-30(17-21)32(3)28-10-5-4-9-26(28)27-12-11-24(20-29(27)32)23-7-6-8-25(19-23)35-31-18-22(2)14-16-34-31/h4-20H,1-3H3. The molecule has 0 saturated carbocycles. The first-order valence-electron chi connectivity index (χ1n) is 11.9. The van der Waals surface area contributed by atoms with E-state index >= 15 is 0 Å². The van der Waals surface area contributed by atoms with Crippen LogP contribution < -0.4 is 4.74 Å². The van der Waals surface area contributed by atoms with Crippen LogP contribution >= 0.6 is 0 Å². The van der Waals surface area contributed by atoms with E-state index in [0.29, 0.717) is 5.88 Å². The van der Waals surface area contributed by atoms with Crippen molar-refractivity contribution < 1.29 is 4.74 Å². The van der Waals surface area contributed by atoms with Crippen molar-refractivity contribution in [2.24, 2.45) is 0 Å². The lowest BCUT2D eigenvalue weighted by molar-refractivity contribution is 0.462. The summed E-state index contributed by atoms with van der Waals surface area (Å²) in [4.78, 5) is 9.17. The minimum Gasteiger partial charge on any atom is -0.439 e. The summed E-state index contributed by atoms with van der Waals surface area (Å²) in [5, 5.41) is 0. The molecule has 3 nitrogen and oxygen atoms in total. The summed E-state index contributed by atoms with van der Waals surface area (Å²) in [6.07, 6.45) is 3.69. The Morgan fingerprint density at radius 1 is 0.629 bits per heavy atom. The summed E-state index contributed by atoms with van der Waals surface area (Å²) >= 11 is 0. The molecule has 3 heteroatoms. The van der Waals surface area contributed by atoms with Crippen LogP contribution in [0.25, 0.3) is 22.3 Å². The van der Waals surface area contributed by atoms with Gasteiger partial charge >= 0.3 is 0 Å². The Labute approximate surface area is 206 Å². The van der Waals surface area contributed by atoms with Gasteiger partial charge in [-0.15, -0.1) is 0 Å². The minimum absolute atomic E-state index is 0.326. The zero-order valence-corrected chi connectivity index (χ0v) is 20.1. The highest BCUT2D eigenvalue weighted by Crippen LogP contribution is 2.52. The summed E-state index contributed by atoms with van der Waals surface area (Å²) in [6.45, 7) is 6.46. The largest absolute Gasteiger partial charge is 0.439 e. The van der Waals surface area contributed by atoms with Crippen LogP contribution in [-0.2, 0) is 5.41 Å². The molecule has 0 radical (unpaired) electrons. The first kappa shape index (κ1) is 21.3. The van der Waals surface area contributed by atoms with Gasteiger partial charge in [-0.1, -0.05) is 48.5 Å². The van der Waals surface area contributed by atoms with Crippen LogP contribution in [0.15, 0.2) is 103 Å². The summed E-state index contributed by atoms with van der Waals surface area (Å²) in [6, 6.07) is 31.9. The Bertz CT molecular complexity index is 1570. The molecule has 0 aliphatic heterocycles. The van der Waals surface area contributed by atoms with E-state index in [1.54, 1.807) is 6.20 Å². The molecule has 1 aliphatic rings. The van der Waals surface area contributed by atoms with E-state index in [1.807, 2.05) is 37.4 Å². The maximum atomic E-state index is 6.07. The SMILES string of the molecule is Cc1ccnc(Oc2cccc(-c3ccc4c(c3)C(C)(c3cc(C)ccn3)c3ccccc3-4)c2)c1. The monoisotopic (exact) mass is 454 g/mol. The number of nitrogens with zero attached hydrogens (tertiary/aromatic N) is 2. The molecule has 1 aliphatic carbocycles. The van der Waals surface area contributed by atoms with Crippen molar-refractivity contribution in [1.82, 2.24) is 9.97 Å². The number of fused-ring (bicyclic) bond motifs is 3. The maximum absolute atomic E-state index is 6.07. The van der Waals surface area contributed by atoms with Crippen molar-refractivity contribution in [2.45, 2.75) is 26.2 Å². The van der Waals surface area contributed by atoms with E-state index in [0.717, 1.165) is 28.1 Å². The molecular weight excluding hydrogens is 428 g/mol. The van der Waals surface area contributed by atoms with Gasteiger partial charge in [0, 0.05) is 18.5 Å². The van der Waals surface area contributed by atoms with Gasteiger partial charge < -0.3 is 4.74 Å². The zero-order valence-electron chi connectivity index (χ0n) is 20.1. The van der Waals surface area contributed by atoms with Crippen molar-refractivity contribution >= 4 is 0 Å². The Morgan fingerprint density at radius 2 is 1.37 bits per heavy atom. The number of hydrogen-bond acceptors (Lipinski definition) is 3. The van der Waals surface area contributed by atoms with Gasteiger partial charge in [0.25, 0.3) is 0 Å². The molecule has 0 N–H and O–H groups in total. The number of aryl methyl sites for hydroxylation is 2. The lowest BCUT2D eigenvalue weighted by atomic mass is 9.76. The van der Waals surface area contributed by atoms with Gasteiger partial charge in [-0.3, -0.25) is 4.98 Å². The van der Waals surface area contributed by atoms with Crippen LogP contribution in [0, 0.1) is 13.8 Å². The van der Waals surface area contributed by atoms with Crippen LogP contribution in [0.1, 0.15) is 34.9 Å². The van der Waals surface area contributed by atoms with E-state index in [-0.39, 0.29) is 5.41 Å². The third-order valence-electron chi connectivity index (χ3n) is 7.02. The zero-order chi connectivity index (χ0) is 24.0. The minimum atomic E-state index is -0.326. The van der Waals surface area contributed by atoms with E-state index in [2.05, 4.69) is 85.6 Å². The van der Waals surface area contributed by atoms with Crippen molar-refractivity contribution in [3.8, 4) is 33.9 Å². The second-order valence-corrected chi connectivity index (χ2v) is 9.45. The average molecular weight is 455 g/mol. The predicted octanol–water partition coefficient (Wildman–Crippen LogP) is 7.89. The van der Waals surface area contributed by atoms with Crippen molar-refractivity contribution in [2.75, 3.05) is 0 Å². The Balaban J connectivity index is 1.46. The molecule has 0 amide bonds. The fraction of sp³-hybridized carbons (Fsp3) is 0.125. The number of hydrogen-bond donors (Lipinski definition) is 0. The van der Waals surface area contributed by atoms with Crippen molar-refractivity contribution in [3.05, 3.63) is 131 Å². The molecule has 2 heterocycles. The van der Waals surface area contributed by atoms with Gasteiger partial charge in [0.05, 0.1) is 11.1 Å². The average Bonchev–Trinajstić information content (AvgIpc) is 3.13. The second kappa shape index (κ2) is 8.21.